The van der Waals surface area contributed by atoms with Crippen molar-refractivity contribution in [3.05, 3.63) is 36.0 Å². The molecule has 0 bridgehead atoms. The second-order valence-corrected chi connectivity index (χ2v) is 6.17. The van der Waals surface area contributed by atoms with Crippen LogP contribution >= 0.6 is 0 Å². The fraction of sp³-hybridized carbons (Fsp3) is 0.471. The Morgan fingerprint density at radius 2 is 2.14 bits per heavy atom. The van der Waals surface area contributed by atoms with Crippen molar-refractivity contribution >= 4 is 16.8 Å². The summed E-state index contributed by atoms with van der Waals surface area (Å²) < 4.78 is 5.45. The van der Waals surface area contributed by atoms with Crippen LogP contribution < -0.4 is 0 Å². The van der Waals surface area contributed by atoms with Crippen LogP contribution in [0.15, 0.2) is 30.5 Å². The molecule has 1 unspecified atom stereocenters. The van der Waals surface area contributed by atoms with Crippen LogP contribution in [0.5, 0.6) is 0 Å². The molecule has 0 radical (unpaired) electrons. The third kappa shape index (κ3) is 2.44. The molecule has 1 aliphatic heterocycles. The number of hydrogen-bond acceptors (Lipinski definition) is 2. The molecule has 2 fully saturated rings. The molecule has 4 rings (SSSR count). The fourth-order valence-corrected chi connectivity index (χ4v) is 3.19. The maximum atomic E-state index is 13.0. The molecule has 110 valence electrons. The van der Waals surface area contributed by atoms with Gasteiger partial charge in [-0.1, -0.05) is 18.2 Å². The Hall–Kier alpha value is -1.81. The topological polar surface area (TPSA) is 45.3 Å². The van der Waals surface area contributed by atoms with E-state index in [1.165, 1.54) is 0 Å². The number of rotatable bonds is 4. The second-order valence-electron chi connectivity index (χ2n) is 6.17. The standard InChI is InChI=1S/C17H20N2O2/c20-17(15-9-18-16-4-2-1-3-14(15)16)19(13-5-6-13)10-12-7-8-21-11-12/h1-4,9,12-13,18H,5-8,10-11H2. The van der Waals surface area contributed by atoms with Crippen molar-refractivity contribution in [3.63, 3.8) is 0 Å². The number of aromatic amines is 1. The first-order valence-electron chi connectivity index (χ1n) is 7.78. The van der Waals surface area contributed by atoms with E-state index in [-0.39, 0.29) is 5.91 Å². The molecule has 0 spiro atoms. The molecule has 21 heavy (non-hydrogen) atoms. The van der Waals surface area contributed by atoms with Gasteiger partial charge in [-0.3, -0.25) is 4.79 Å². The van der Waals surface area contributed by atoms with E-state index in [2.05, 4.69) is 9.88 Å². The lowest BCUT2D eigenvalue weighted by Crippen LogP contribution is -2.37. The number of H-pyrrole nitrogens is 1. The van der Waals surface area contributed by atoms with Crippen molar-refractivity contribution in [1.29, 1.82) is 0 Å². The van der Waals surface area contributed by atoms with E-state index in [0.717, 1.165) is 55.5 Å². The van der Waals surface area contributed by atoms with Crippen LogP contribution in [0.4, 0.5) is 0 Å². The number of hydrogen-bond donors (Lipinski definition) is 1. The van der Waals surface area contributed by atoms with Crippen molar-refractivity contribution in [2.24, 2.45) is 5.92 Å². The molecule has 1 saturated carbocycles. The highest BCUT2D eigenvalue weighted by atomic mass is 16.5. The number of carbonyl (C=O) groups excluding carboxylic acids is 1. The third-order valence-electron chi connectivity index (χ3n) is 4.55. The molecule has 2 aromatic rings. The van der Waals surface area contributed by atoms with Gasteiger partial charge in [-0.05, 0) is 25.3 Å². The zero-order valence-electron chi connectivity index (χ0n) is 12.0. The largest absolute Gasteiger partial charge is 0.381 e. The number of para-hydroxylation sites is 1. The highest BCUT2D eigenvalue weighted by Crippen LogP contribution is 2.31. The average Bonchev–Trinajstić information content (AvgIpc) is 3.05. The summed E-state index contributed by atoms with van der Waals surface area (Å²) in [6.45, 7) is 2.47. The molecular formula is C17H20N2O2. The molecule has 4 heteroatoms. The van der Waals surface area contributed by atoms with E-state index in [1.807, 2.05) is 30.5 Å². The molecule has 1 atom stereocenters. The summed E-state index contributed by atoms with van der Waals surface area (Å²) in [5.74, 6) is 0.668. The Morgan fingerprint density at radius 3 is 2.90 bits per heavy atom. The summed E-state index contributed by atoms with van der Waals surface area (Å²) in [6, 6.07) is 8.44. The molecule has 1 amide bonds. The second kappa shape index (κ2) is 5.19. The van der Waals surface area contributed by atoms with Crippen LogP contribution in [-0.2, 0) is 4.74 Å². The van der Waals surface area contributed by atoms with E-state index < -0.39 is 0 Å². The maximum Gasteiger partial charge on any atom is 0.256 e. The van der Waals surface area contributed by atoms with Gasteiger partial charge in [0, 0.05) is 42.2 Å². The Balaban J connectivity index is 1.61. The fourth-order valence-electron chi connectivity index (χ4n) is 3.19. The number of amides is 1. The molecule has 2 aliphatic rings. The summed E-state index contributed by atoms with van der Waals surface area (Å²) in [4.78, 5) is 18.2. The van der Waals surface area contributed by atoms with Crippen LogP contribution in [0.1, 0.15) is 29.6 Å². The molecule has 4 nitrogen and oxygen atoms in total. The Bertz CT molecular complexity index is 654. The van der Waals surface area contributed by atoms with E-state index in [1.54, 1.807) is 0 Å². The number of carbonyl (C=O) groups is 1. The van der Waals surface area contributed by atoms with Gasteiger partial charge in [0.2, 0.25) is 0 Å². The molecule has 1 aliphatic carbocycles. The number of benzene rings is 1. The Morgan fingerprint density at radius 1 is 1.29 bits per heavy atom. The number of fused-ring (bicyclic) bond motifs is 1. The van der Waals surface area contributed by atoms with Crippen LogP contribution in [0.2, 0.25) is 0 Å². The summed E-state index contributed by atoms with van der Waals surface area (Å²) in [5, 5.41) is 1.02. The first-order chi connectivity index (χ1) is 10.3. The molecule has 1 aromatic carbocycles. The monoisotopic (exact) mass is 284 g/mol. The average molecular weight is 284 g/mol. The van der Waals surface area contributed by atoms with Crippen LogP contribution in [-0.4, -0.2) is 41.6 Å². The van der Waals surface area contributed by atoms with Crippen molar-refractivity contribution in [2.45, 2.75) is 25.3 Å². The predicted molar refractivity (Wildman–Crippen MR) is 81.3 cm³/mol. The van der Waals surface area contributed by atoms with Crippen molar-refractivity contribution in [1.82, 2.24) is 9.88 Å². The van der Waals surface area contributed by atoms with Crippen molar-refractivity contribution in [2.75, 3.05) is 19.8 Å². The smallest absolute Gasteiger partial charge is 0.256 e. The quantitative estimate of drug-likeness (QED) is 0.938. The number of aromatic nitrogens is 1. The highest BCUT2D eigenvalue weighted by Gasteiger charge is 2.35. The van der Waals surface area contributed by atoms with E-state index >= 15 is 0 Å². The van der Waals surface area contributed by atoms with Crippen LogP contribution in [0, 0.1) is 5.92 Å². The van der Waals surface area contributed by atoms with Crippen molar-refractivity contribution in [3.8, 4) is 0 Å². The molecule has 1 saturated heterocycles. The van der Waals surface area contributed by atoms with Crippen molar-refractivity contribution < 1.29 is 9.53 Å². The maximum absolute atomic E-state index is 13.0. The number of nitrogens with one attached hydrogen (secondary N) is 1. The van der Waals surface area contributed by atoms with Crippen LogP contribution in [0.25, 0.3) is 10.9 Å². The lowest BCUT2D eigenvalue weighted by Gasteiger charge is -2.25. The Kier molecular flexibility index (Phi) is 3.19. The first-order valence-corrected chi connectivity index (χ1v) is 7.78. The lowest BCUT2D eigenvalue weighted by molar-refractivity contribution is 0.0708. The van der Waals surface area contributed by atoms with E-state index in [4.69, 9.17) is 4.74 Å². The van der Waals surface area contributed by atoms with Gasteiger partial charge in [-0.15, -0.1) is 0 Å². The van der Waals surface area contributed by atoms with Gasteiger partial charge >= 0.3 is 0 Å². The first kappa shape index (κ1) is 12.9. The summed E-state index contributed by atoms with van der Waals surface area (Å²) >= 11 is 0. The lowest BCUT2D eigenvalue weighted by atomic mass is 10.1. The molecule has 1 aromatic heterocycles. The summed E-state index contributed by atoms with van der Waals surface area (Å²) in [7, 11) is 0. The minimum Gasteiger partial charge on any atom is -0.381 e. The highest BCUT2D eigenvalue weighted by molar-refractivity contribution is 6.06. The third-order valence-corrected chi connectivity index (χ3v) is 4.55. The Labute approximate surface area is 124 Å². The van der Waals surface area contributed by atoms with Gasteiger partial charge in [0.05, 0.1) is 12.2 Å². The zero-order valence-corrected chi connectivity index (χ0v) is 12.0. The SMILES string of the molecule is O=C(c1c[nH]c2ccccc12)N(CC1CCOC1)C1CC1. The van der Waals surface area contributed by atoms with E-state index in [0.29, 0.717) is 12.0 Å². The molecule has 1 N–H and O–H groups in total. The number of ether oxygens (including phenoxy) is 1. The van der Waals surface area contributed by atoms with Gasteiger partial charge in [0.1, 0.15) is 0 Å². The summed E-state index contributed by atoms with van der Waals surface area (Å²) in [6.07, 6.45) is 5.21. The van der Waals surface area contributed by atoms with E-state index in [9.17, 15) is 4.79 Å². The van der Waals surface area contributed by atoms with Gasteiger partial charge in [0.25, 0.3) is 5.91 Å². The normalized spacial score (nSPS) is 21.8. The van der Waals surface area contributed by atoms with Gasteiger partial charge < -0.3 is 14.6 Å². The minimum absolute atomic E-state index is 0.168. The zero-order chi connectivity index (χ0) is 14.2. The molecular weight excluding hydrogens is 264 g/mol. The van der Waals surface area contributed by atoms with Gasteiger partial charge in [0.15, 0.2) is 0 Å². The van der Waals surface area contributed by atoms with Gasteiger partial charge in [-0.25, -0.2) is 0 Å². The summed E-state index contributed by atoms with van der Waals surface area (Å²) in [5.41, 5.74) is 1.83. The predicted octanol–water partition coefficient (Wildman–Crippen LogP) is 2.81. The molecule has 2 heterocycles. The minimum atomic E-state index is 0.168. The number of nitrogens with zero attached hydrogens (tertiary/aromatic N) is 1. The van der Waals surface area contributed by atoms with Crippen LogP contribution in [0.3, 0.4) is 0 Å². The van der Waals surface area contributed by atoms with Gasteiger partial charge in [-0.2, -0.15) is 0 Å².